The molecule has 0 spiro atoms. The van der Waals surface area contributed by atoms with Gasteiger partial charge in [0, 0.05) is 0 Å². The normalized spacial score (nSPS) is 14.5. The van der Waals surface area contributed by atoms with Gasteiger partial charge in [0.2, 0.25) is 0 Å². The minimum Gasteiger partial charge on any atom is -0.298 e. The Kier molecular flexibility index (Phi) is 6.61. The average molecular weight is 541 g/mol. The van der Waals surface area contributed by atoms with Gasteiger partial charge in [-0.15, -0.1) is 22.7 Å². The molecule has 0 bridgehead atoms. The van der Waals surface area contributed by atoms with E-state index in [4.69, 9.17) is 9.11 Å². The molecule has 2 unspecified atom stereocenters. The Hall–Kier alpha value is -2.29. The number of carbonyl (C=O) groups is 1. The van der Waals surface area contributed by atoms with Crippen LogP contribution >= 0.6 is 22.7 Å². The van der Waals surface area contributed by atoms with Crippen LogP contribution in [0.15, 0.2) is 36.4 Å². The molecular weight excluding hydrogens is 521 g/mol. The van der Waals surface area contributed by atoms with Crippen LogP contribution in [0.4, 0.5) is 0 Å². The summed E-state index contributed by atoms with van der Waals surface area (Å²) in [6.07, 6.45) is 0. The summed E-state index contributed by atoms with van der Waals surface area (Å²) in [6, 6.07) is 9.76. The topological polar surface area (TPSA) is 152 Å². The number of benzene rings is 2. The second-order valence-electron chi connectivity index (χ2n) is 8.01. The summed E-state index contributed by atoms with van der Waals surface area (Å²) in [6.45, 7) is 3.51. The van der Waals surface area contributed by atoms with Gasteiger partial charge in [-0.3, -0.25) is 13.9 Å². The first-order valence-electron chi connectivity index (χ1n) is 10.0. The van der Waals surface area contributed by atoms with E-state index >= 15 is 0 Å². The highest BCUT2D eigenvalue weighted by Gasteiger charge is 2.28. The number of Topliss-reactive ketones (excluding diaryl/α,β-unsaturated/α-hetero) is 1. The number of rotatable bonds is 8. The lowest BCUT2D eigenvalue weighted by Crippen LogP contribution is -2.16. The first kappa shape index (κ1) is 24.8. The average Bonchev–Trinajstić information content (AvgIpc) is 3.33. The van der Waals surface area contributed by atoms with Crippen LogP contribution in [0.2, 0.25) is 0 Å². The highest BCUT2D eigenvalue weighted by Crippen LogP contribution is 2.35. The predicted molar refractivity (Wildman–Crippen MR) is 132 cm³/mol. The summed E-state index contributed by atoms with van der Waals surface area (Å²) in [5.74, 6) is -2.13. The lowest BCUT2D eigenvalue weighted by Gasteiger charge is -2.12. The smallest absolute Gasteiger partial charge is 0.269 e. The zero-order chi connectivity index (χ0) is 24.8. The van der Waals surface area contributed by atoms with E-state index in [0.717, 1.165) is 9.40 Å². The molecule has 0 aliphatic heterocycles. The lowest BCUT2D eigenvalue weighted by atomic mass is 9.96. The lowest BCUT2D eigenvalue weighted by molar-refractivity contribution is -0.121. The van der Waals surface area contributed by atoms with Gasteiger partial charge in [0.15, 0.2) is 5.78 Å². The van der Waals surface area contributed by atoms with Crippen molar-refractivity contribution < 1.29 is 30.7 Å². The molecular formula is C21H20N2O7S4. The predicted octanol–water partition coefficient (Wildman–Crippen LogP) is 4.16. The van der Waals surface area contributed by atoms with E-state index in [1.807, 2.05) is 0 Å². The molecule has 34 heavy (non-hydrogen) atoms. The molecule has 4 rings (SSSR count). The fourth-order valence-electron chi connectivity index (χ4n) is 3.56. The zero-order valence-electron chi connectivity index (χ0n) is 18.0. The maximum absolute atomic E-state index is 13.2. The van der Waals surface area contributed by atoms with E-state index in [1.165, 1.54) is 22.7 Å². The van der Waals surface area contributed by atoms with Crippen LogP contribution in [-0.2, 0) is 36.5 Å². The molecule has 0 amide bonds. The van der Waals surface area contributed by atoms with Gasteiger partial charge in [-0.2, -0.15) is 16.8 Å². The van der Waals surface area contributed by atoms with Crippen molar-refractivity contribution in [3.63, 3.8) is 0 Å². The zero-order valence-corrected chi connectivity index (χ0v) is 21.3. The largest absolute Gasteiger partial charge is 0.298 e. The molecule has 180 valence electrons. The second-order valence-corrected chi connectivity index (χ2v) is 13.0. The SMILES string of the molecule is CC(C(=O)C(C)c1nc2ccc(CS(=O)(=O)O)cc2s1)c1nc2ccc(CS(=O)(=O)O)cc2s1. The molecule has 2 atom stereocenters. The van der Waals surface area contributed by atoms with Crippen LogP contribution in [-0.4, -0.2) is 41.7 Å². The van der Waals surface area contributed by atoms with Gasteiger partial charge in [-0.1, -0.05) is 12.1 Å². The van der Waals surface area contributed by atoms with E-state index < -0.39 is 43.6 Å². The molecule has 0 aliphatic carbocycles. The minimum absolute atomic E-state index is 0.0885. The minimum atomic E-state index is -4.15. The van der Waals surface area contributed by atoms with Crippen molar-refractivity contribution in [2.45, 2.75) is 37.2 Å². The number of nitrogens with zero attached hydrogens (tertiary/aromatic N) is 2. The number of fused-ring (bicyclic) bond motifs is 2. The summed E-state index contributed by atoms with van der Waals surface area (Å²) in [5, 5.41) is 1.18. The summed E-state index contributed by atoms with van der Waals surface area (Å²) in [4.78, 5) is 22.3. The van der Waals surface area contributed by atoms with Crippen molar-refractivity contribution in [1.29, 1.82) is 0 Å². The Morgan fingerprint density at radius 3 is 1.53 bits per heavy atom. The number of hydrogen-bond donors (Lipinski definition) is 2. The van der Waals surface area contributed by atoms with E-state index in [0.29, 0.717) is 32.2 Å². The van der Waals surface area contributed by atoms with Crippen molar-refractivity contribution in [3.05, 3.63) is 57.5 Å². The van der Waals surface area contributed by atoms with Crippen LogP contribution in [0, 0.1) is 0 Å². The van der Waals surface area contributed by atoms with Gasteiger partial charge in [0.05, 0.1) is 32.3 Å². The summed E-state index contributed by atoms with van der Waals surface area (Å²) in [7, 11) is -8.30. The molecule has 4 aromatic rings. The van der Waals surface area contributed by atoms with Crippen LogP contribution in [0.3, 0.4) is 0 Å². The fourth-order valence-corrected chi connectivity index (χ4v) is 6.95. The fraction of sp³-hybridized carbons (Fsp3) is 0.286. The van der Waals surface area contributed by atoms with Crippen molar-refractivity contribution in [2.24, 2.45) is 0 Å². The number of hydrogen-bond acceptors (Lipinski definition) is 9. The summed E-state index contributed by atoms with van der Waals surface area (Å²) in [5.41, 5.74) is 2.14. The standard InChI is InChI=1S/C21H20N2O7S4/c1-11(20-22-15-5-3-13(7-17(15)31-20)9-33(25,26)27)19(24)12(2)21-23-16-6-4-14(8-18(16)32-21)10-34(28,29)30/h3-8,11-12H,9-10H2,1-2H3,(H,25,26,27)(H,28,29,30). The number of aromatic nitrogens is 2. The maximum atomic E-state index is 13.2. The third-order valence-corrected chi connectivity index (χ3v) is 9.03. The van der Waals surface area contributed by atoms with Gasteiger partial charge < -0.3 is 0 Å². The van der Waals surface area contributed by atoms with Crippen molar-refractivity contribution >= 4 is 69.1 Å². The number of thiazole rings is 2. The molecule has 9 nitrogen and oxygen atoms in total. The van der Waals surface area contributed by atoms with Gasteiger partial charge in [-0.25, -0.2) is 9.97 Å². The van der Waals surface area contributed by atoms with E-state index in [2.05, 4.69) is 9.97 Å². The summed E-state index contributed by atoms with van der Waals surface area (Å²) >= 11 is 2.59. The van der Waals surface area contributed by atoms with Crippen LogP contribution in [0.5, 0.6) is 0 Å². The Labute approximate surface area is 204 Å². The van der Waals surface area contributed by atoms with Crippen LogP contribution in [0.25, 0.3) is 20.4 Å². The van der Waals surface area contributed by atoms with Crippen LogP contribution in [0.1, 0.15) is 46.8 Å². The van der Waals surface area contributed by atoms with Crippen molar-refractivity contribution in [1.82, 2.24) is 9.97 Å². The van der Waals surface area contributed by atoms with Gasteiger partial charge >= 0.3 is 0 Å². The van der Waals surface area contributed by atoms with E-state index in [-0.39, 0.29) is 5.78 Å². The molecule has 0 saturated heterocycles. The van der Waals surface area contributed by atoms with Gasteiger partial charge in [0.1, 0.15) is 21.5 Å². The Bertz CT molecular complexity index is 1500. The van der Waals surface area contributed by atoms with Crippen LogP contribution < -0.4 is 0 Å². The van der Waals surface area contributed by atoms with Crippen molar-refractivity contribution in [3.8, 4) is 0 Å². The first-order valence-corrected chi connectivity index (χ1v) is 14.9. The molecule has 13 heteroatoms. The third-order valence-electron chi connectivity index (χ3n) is 5.23. The quantitative estimate of drug-likeness (QED) is 0.314. The molecule has 0 aliphatic rings. The number of carbonyl (C=O) groups excluding carboxylic acids is 1. The van der Waals surface area contributed by atoms with Crippen molar-refractivity contribution in [2.75, 3.05) is 0 Å². The van der Waals surface area contributed by atoms with E-state index in [1.54, 1.807) is 50.2 Å². The summed E-state index contributed by atoms with van der Waals surface area (Å²) < 4.78 is 64.2. The molecule has 0 radical (unpaired) electrons. The molecule has 2 aromatic carbocycles. The Morgan fingerprint density at radius 1 is 0.794 bits per heavy atom. The molecule has 0 saturated carbocycles. The maximum Gasteiger partial charge on any atom is 0.269 e. The highest BCUT2D eigenvalue weighted by molar-refractivity contribution is 7.85. The Morgan fingerprint density at radius 2 is 1.18 bits per heavy atom. The van der Waals surface area contributed by atoms with Gasteiger partial charge in [-0.05, 0) is 49.2 Å². The van der Waals surface area contributed by atoms with Gasteiger partial charge in [0.25, 0.3) is 20.2 Å². The molecule has 0 fully saturated rings. The molecule has 2 heterocycles. The third kappa shape index (κ3) is 5.67. The monoisotopic (exact) mass is 540 g/mol. The number of ketones is 1. The first-order chi connectivity index (χ1) is 15.8. The second kappa shape index (κ2) is 9.06. The highest BCUT2D eigenvalue weighted by atomic mass is 32.2. The Balaban J connectivity index is 1.57. The van der Waals surface area contributed by atoms with E-state index in [9.17, 15) is 21.6 Å². The molecule has 2 aromatic heterocycles. The molecule has 2 N–H and O–H groups in total.